The highest BCUT2D eigenvalue weighted by molar-refractivity contribution is 6.00. The fraction of sp³-hybridized carbons (Fsp3) is 0.364. The SMILES string of the molecule is O=C(CCC(=O)c1ccc2c(c1)OCCO2)Nc1ccc(N2CCCC2)cc1. The molecule has 0 aliphatic carbocycles. The second-order valence-corrected chi connectivity index (χ2v) is 7.07. The molecule has 0 unspecified atom stereocenters. The molecule has 6 nitrogen and oxygen atoms in total. The number of hydrogen-bond donors (Lipinski definition) is 1. The van der Waals surface area contributed by atoms with Crippen molar-refractivity contribution < 1.29 is 19.1 Å². The average molecular weight is 380 g/mol. The van der Waals surface area contributed by atoms with Gasteiger partial charge in [0.25, 0.3) is 0 Å². The third-order valence-corrected chi connectivity index (χ3v) is 5.07. The van der Waals surface area contributed by atoms with E-state index in [1.807, 2.05) is 24.3 Å². The zero-order valence-corrected chi connectivity index (χ0v) is 15.8. The van der Waals surface area contributed by atoms with Gasteiger partial charge in [0.05, 0.1) is 0 Å². The first-order chi connectivity index (χ1) is 13.7. The molecule has 28 heavy (non-hydrogen) atoms. The molecule has 4 rings (SSSR count). The summed E-state index contributed by atoms with van der Waals surface area (Å²) in [7, 11) is 0. The van der Waals surface area contributed by atoms with E-state index in [-0.39, 0.29) is 24.5 Å². The summed E-state index contributed by atoms with van der Waals surface area (Å²) in [6.45, 7) is 3.17. The van der Waals surface area contributed by atoms with E-state index in [9.17, 15) is 9.59 Å². The first-order valence-corrected chi connectivity index (χ1v) is 9.77. The van der Waals surface area contributed by atoms with Gasteiger partial charge in [0.15, 0.2) is 17.3 Å². The van der Waals surface area contributed by atoms with Gasteiger partial charge in [-0.1, -0.05) is 0 Å². The normalized spacial score (nSPS) is 15.4. The quantitative estimate of drug-likeness (QED) is 0.775. The van der Waals surface area contributed by atoms with Crippen LogP contribution in [0.2, 0.25) is 0 Å². The number of rotatable bonds is 6. The first kappa shape index (κ1) is 18.3. The third-order valence-electron chi connectivity index (χ3n) is 5.07. The van der Waals surface area contributed by atoms with Gasteiger partial charge in [0.2, 0.25) is 5.91 Å². The number of anilines is 2. The summed E-state index contributed by atoms with van der Waals surface area (Å²) in [5, 5.41) is 2.86. The van der Waals surface area contributed by atoms with Gasteiger partial charge in [-0.15, -0.1) is 0 Å². The summed E-state index contributed by atoms with van der Waals surface area (Å²) in [5.74, 6) is 0.980. The van der Waals surface area contributed by atoms with Crippen molar-refractivity contribution in [2.45, 2.75) is 25.7 Å². The van der Waals surface area contributed by atoms with Crippen LogP contribution in [-0.4, -0.2) is 38.0 Å². The molecule has 1 N–H and O–H groups in total. The molecule has 0 aromatic heterocycles. The zero-order chi connectivity index (χ0) is 19.3. The van der Waals surface area contributed by atoms with Gasteiger partial charge in [-0.05, 0) is 55.3 Å². The fourth-order valence-electron chi connectivity index (χ4n) is 3.54. The van der Waals surface area contributed by atoms with Crippen molar-refractivity contribution in [2.24, 2.45) is 0 Å². The van der Waals surface area contributed by atoms with Crippen molar-refractivity contribution in [3.63, 3.8) is 0 Å². The van der Waals surface area contributed by atoms with E-state index in [1.54, 1.807) is 18.2 Å². The Morgan fingerprint density at radius 2 is 1.61 bits per heavy atom. The summed E-state index contributed by atoms with van der Waals surface area (Å²) in [6, 6.07) is 13.0. The van der Waals surface area contributed by atoms with E-state index < -0.39 is 0 Å². The number of hydrogen-bond acceptors (Lipinski definition) is 5. The number of nitrogens with one attached hydrogen (secondary N) is 1. The highest BCUT2D eigenvalue weighted by atomic mass is 16.6. The Kier molecular flexibility index (Phi) is 5.46. The molecule has 2 aliphatic heterocycles. The summed E-state index contributed by atoms with van der Waals surface area (Å²) >= 11 is 0. The molecule has 0 spiro atoms. The summed E-state index contributed by atoms with van der Waals surface area (Å²) in [4.78, 5) is 26.9. The molecular formula is C22H24N2O4. The topological polar surface area (TPSA) is 67.9 Å². The number of carbonyl (C=O) groups is 2. The molecular weight excluding hydrogens is 356 g/mol. The Bertz CT molecular complexity index is 857. The molecule has 2 aliphatic rings. The number of amides is 1. The van der Waals surface area contributed by atoms with Gasteiger partial charge in [0, 0.05) is 42.9 Å². The number of ether oxygens (including phenoxy) is 2. The van der Waals surface area contributed by atoms with E-state index >= 15 is 0 Å². The van der Waals surface area contributed by atoms with Crippen molar-refractivity contribution in [3.05, 3.63) is 48.0 Å². The number of nitrogens with zero attached hydrogens (tertiary/aromatic N) is 1. The lowest BCUT2D eigenvalue weighted by Crippen LogP contribution is -2.18. The highest BCUT2D eigenvalue weighted by Gasteiger charge is 2.16. The average Bonchev–Trinajstić information content (AvgIpc) is 3.27. The molecule has 1 saturated heterocycles. The largest absolute Gasteiger partial charge is 0.486 e. The van der Waals surface area contributed by atoms with Crippen LogP contribution < -0.4 is 19.7 Å². The lowest BCUT2D eigenvalue weighted by molar-refractivity contribution is -0.116. The van der Waals surface area contributed by atoms with Crippen LogP contribution in [0, 0.1) is 0 Å². The van der Waals surface area contributed by atoms with Crippen molar-refractivity contribution in [3.8, 4) is 11.5 Å². The lowest BCUT2D eigenvalue weighted by Gasteiger charge is -2.18. The minimum absolute atomic E-state index is 0.0866. The Balaban J connectivity index is 1.28. The molecule has 2 aromatic carbocycles. The minimum Gasteiger partial charge on any atom is -0.486 e. The van der Waals surface area contributed by atoms with Crippen molar-refractivity contribution in [1.29, 1.82) is 0 Å². The molecule has 0 atom stereocenters. The van der Waals surface area contributed by atoms with Gasteiger partial charge in [-0.3, -0.25) is 9.59 Å². The molecule has 146 valence electrons. The number of benzene rings is 2. The second kappa shape index (κ2) is 8.33. The Hall–Kier alpha value is -3.02. The van der Waals surface area contributed by atoms with E-state index in [0.717, 1.165) is 18.8 Å². The van der Waals surface area contributed by atoms with Crippen LogP contribution in [0.1, 0.15) is 36.0 Å². The molecule has 6 heteroatoms. The zero-order valence-electron chi connectivity index (χ0n) is 15.8. The van der Waals surface area contributed by atoms with Gasteiger partial charge in [-0.2, -0.15) is 0 Å². The monoisotopic (exact) mass is 380 g/mol. The van der Waals surface area contributed by atoms with Gasteiger partial charge >= 0.3 is 0 Å². The maximum atomic E-state index is 12.4. The standard InChI is InChI=1S/C22H24N2O4/c25-19(16-3-9-20-21(15-16)28-14-13-27-20)8-10-22(26)23-17-4-6-18(7-5-17)24-11-1-2-12-24/h3-7,9,15H,1-2,8,10-14H2,(H,23,26). The van der Waals surface area contributed by atoms with E-state index in [2.05, 4.69) is 10.2 Å². The van der Waals surface area contributed by atoms with Crippen LogP contribution in [0.3, 0.4) is 0 Å². The van der Waals surface area contributed by atoms with Crippen molar-refractivity contribution >= 4 is 23.1 Å². The number of carbonyl (C=O) groups excluding carboxylic acids is 2. The second-order valence-electron chi connectivity index (χ2n) is 7.07. The highest BCUT2D eigenvalue weighted by Crippen LogP contribution is 2.31. The molecule has 2 heterocycles. The van der Waals surface area contributed by atoms with Gasteiger partial charge in [0.1, 0.15) is 13.2 Å². The van der Waals surface area contributed by atoms with Crippen LogP contribution in [0.15, 0.2) is 42.5 Å². The smallest absolute Gasteiger partial charge is 0.224 e. The van der Waals surface area contributed by atoms with Crippen LogP contribution in [0.5, 0.6) is 11.5 Å². The molecule has 1 amide bonds. The Morgan fingerprint density at radius 3 is 2.36 bits per heavy atom. The van der Waals surface area contributed by atoms with Crippen LogP contribution in [-0.2, 0) is 4.79 Å². The third kappa shape index (κ3) is 4.27. The molecule has 0 saturated carbocycles. The van der Waals surface area contributed by atoms with E-state index in [1.165, 1.54) is 18.5 Å². The van der Waals surface area contributed by atoms with Crippen LogP contribution >= 0.6 is 0 Å². The lowest BCUT2D eigenvalue weighted by atomic mass is 10.1. The molecule has 1 fully saturated rings. The summed E-state index contributed by atoms with van der Waals surface area (Å²) < 4.78 is 11.0. The van der Waals surface area contributed by atoms with Crippen LogP contribution in [0.25, 0.3) is 0 Å². The number of ketones is 1. The van der Waals surface area contributed by atoms with Crippen molar-refractivity contribution in [1.82, 2.24) is 0 Å². The summed E-state index contributed by atoms with van der Waals surface area (Å²) in [6.07, 6.45) is 2.75. The predicted molar refractivity (Wildman–Crippen MR) is 108 cm³/mol. The summed E-state index contributed by atoms with van der Waals surface area (Å²) in [5.41, 5.74) is 2.47. The Labute approximate surface area is 164 Å². The number of Topliss-reactive ketones (excluding diaryl/α,β-unsaturated/α-hetero) is 1. The maximum absolute atomic E-state index is 12.4. The fourth-order valence-corrected chi connectivity index (χ4v) is 3.54. The van der Waals surface area contributed by atoms with Gasteiger partial charge < -0.3 is 19.7 Å². The predicted octanol–water partition coefficient (Wildman–Crippen LogP) is 3.66. The first-order valence-electron chi connectivity index (χ1n) is 9.77. The maximum Gasteiger partial charge on any atom is 0.224 e. The van der Waals surface area contributed by atoms with Crippen molar-refractivity contribution in [2.75, 3.05) is 36.5 Å². The van der Waals surface area contributed by atoms with Gasteiger partial charge in [-0.25, -0.2) is 0 Å². The molecule has 0 bridgehead atoms. The van der Waals surface area contributed by atoms with E-state index in [0.29, 0.717) is 30.3 Å². The molecule has 2 aromatic rings. The van der Waals surface area contributed by atoms with E-state index in [4.69, 9.17) is 9.47 Å². The Morgan fingerprint density at radius 1 is 0.893 bits per heavy atom. The number of fused-ring (bicyclic) bond motifs is 1. The minimum atomic E-state index is -0.167. The van der Waals surface area contributed by atoms with Crippen LogP contribution in [0.4, 0.5) is 11.4 Å². The molecule has 0 radical (unpaired) electrons.